The van der Waals surface area contributed by atoms with E-state index < -0.39 is 0 Å². The second-order valence-electron chi connectivity index (χ2n) is 12.8. The fourth-order valence-electron chi connectivity index (χ4n) is 7.02. The molecule has 2 aromatic heterocycles. The minimum Gasteiger partial charge on any atom is -0.456 e. The fourth-order valence-corrected chi connectivity index (χ4v) is 8.15. The van der Waals surface area contributed by atoms with Gasteiger partial charge in [0.1, 0.15) is 11.2 Å². The van der Waals surface area contributed by atoms with E-state index >= 15 is 0 Å². The first-order valence-electron chi connectivity index (χ1n) is 17.3. The number of rotatable bonds is 3. The highest BCUT2D eigenvalue weighted by atomic mass is 32.2. The van der Waals surface area contributed by atoms with Gasteiger partial charge in [-0.15, -0.1) is 0 Å². The number of aromatic nitrogens is 3. The summed E-state index contributed by atoms with van der Waals surface area (Å²) < 4.78 is 6.49. The van der Waals surface area contributed by atoms with Gasteiger partial charge < -0.3 is 4.42 Å². The standard InChI is InChI=1S/C47H29N3OS/c1-3-14-32(15-4-1)45-48-46(33-16-5-2-6-17-33)50-47(49-45)34-26-25-31-24-23-30-13-7-8-18-35(30)37-20-10-12-22-43(37)52-44-29-39-36-19-9-11-21-41(36)51-42(39)28-40(44)38(31)27-34/h1-29H/b24-23-. The summed E-state index contributed by atoms with van der Waals surface area (Å²) >= 11 is 1.79. The third kappa shape index (κ3) is 5.39. The van der Waals surface area contributed by atoms with Gasteiger partial charge in [-0.25, -0.2) is 15.0 Å². The molecule has 0 fully saturated rings. The molecule has 0 bridgehead atoms. The van der Waals surface area contributed by atoms with Crippen molar-refractivity contribution in [3.8, 4) is 56.4 Å². The maximum Gasteiger partial charge on any atom is 0.164 e. The van der Waals surface area contributed by atoms with Crippen molar-refractivity contribution in [2.24, 2.45) is 0 Å². The number of fused-ring (bicyclic) bond motifs is 9. The van der Waals surface area contributed by atoms with Crippen molar-refractivity contribution in [2.45, 2.75) is 9.79 Å². The molecule has 1 aliphatic rings. The van der Waals surface area contributed by atoms with Crippen LogP contribution in [0.3, 0.4) is 0 Å². The van der Waals surface area contributed by atoms with Gasteiger partial charge in [0.15, 0.2) is 17.5 Å². The first-order valence-corrected chi connectivity index (χ1v) is 18.1. The molecule has 7 aromatic carbocycles. The van der Waals surface area contributed by atoms with Crippen molar-refractivity contribution >= 4 is 45.9 Å². The molecule has 0 amide bonds. The van der Waals surface area contributed by atoms with E-state index in [9.17, 15) is 0 Å². The first kappa shape index (κ1) is 30.3. The van der Waals surface area contributed by atoms with Crippen LogP contribution in [-0.2, 0) is 0 Å². The van der Waals surface area contributed by atoms with E-state index in [0.717, 1.165) is 65.8 Å². The molecule has 0 atom stereocenters. The van der Waals surface area contributed by atoms with Gasteiger partial charge in [-0.05, 0) is 63.7 Å². The van der Waals surface area contributed by atoms with Crippen molar-refractivity contribution in [3.63, 3.8) is 0 Å². The van der Waals surface area contributed by atoms with E-state index in [1.165, 1.54) is 16.0 Å². The molecular weight excluding hydrogens is 655 g/mol. The average Bonchev–Trinajstić information content (AvgIpc) is 3.57. The Morgan fingerprint density at radius 3 is 1.71 bits per heavy atom. The summed E-state index contributed by atoms with van der Waals surface area (Å²) in [4.78, 5) is 17.4. The van der Waals surface area contributed by atoms with Gasteiger partial charge >= 0.3 is 0 Å². The Bertz CT molecular complexity index is 2770. The Hall–Kier alpha value is -6.56. The van der Waals surface area contributed by atoms with E-state index in [2.05, 4.69) is 103 Å². The number of hydrogen-bond donors (Lipinski definition) is 0. The molecule has 0 saturated carbocycles. The Morgan fingerprint density at radius 1 is 0.365 bits per heavy atom. The van der Waals surface area contributed by atoms with E-state index in [-0.39, 0.29) is 0 Å². The minimum absolute atomic E-state index is 0.614. The second-order valence-corrected chi connectivity index (χ2v) is 13.9. The third-order valence-corrected chi connectivity index (χ3v) is 10.7. The van der Waals surface area contributed by atoms with Crippen LogP contribution in [0.4, 0.5) is 0 Å². The van der Waals surface area contributed by atoms with Crippen LogP contribution in [-0.4, -0.2) is 15.0 Å². The summed E-state index contributed by atoms with van der Waals surface area (Å²) in [5.41, 5.74) is 11.3. The normalized spacial score (nSPS) is 12.7. The van der Waals surface area contributed by atoms with Crippen LogP contribution in [0.15, 0.2) is 178 Å². The van der Waals surface area contributed by atoms with Gasteiger partial charge in [0.25, 0.3) is 0 Å². The molecule has 52 heavy (non-hydrogen) atoms. The number of benzene rings is 7. The molecule has 3 heterocycles. The van der Waals surface area contributed by atoms with Crippen molar-refractivity contribution in [3.05, 3.63) is 175 Å². The lowest BCUT2D eigenvalue weighted by molar-refractivity contribution is 0.669. The lowest BCUT2D eigenvalue weighted by atomic mass is 9.94. The van der Waals surface area contributed by atoms with Gasteiger partial charge in [0, 0.05) is 37.3 Å². The molecule has 0 unspecified atom stereocenters. The number of furan rings is 1. The summed E-state index contributed by atoms with van der Waals surface area (Å²) in [7, 11) is 0. The van der Waals surface area contributed by atoms with Crippen molar-refractivity contribution in [1.29, 1.82) is 0 Å². The smallest absolute Gasteiger partial charge is 0.164 e. The Kier molecular flexibility index (Phi) is 7.36. The van der Waals surface area contributed by atoms with Gasteiger partial charge in [-0.1, -0.05) is 157 Å². The zero-order valence-corrected chi connectivity index (χ0v) is 28.7. The lowest BCUT2D eigenvalue weighted by Gasteiger charge is -2.16. The Morgan fingerprint density at radius 2 is 0.962 bits per heavy atom. The monoisotopic (exact) mass is 683 g/mol. The van der Waals surface area contributed by atoms with Gasteiger partial charge in [0.05, 0.1) is 0 Å². The quantitative estimate of drug-likeness (QED) is 0.185. The van der Waals surface area contributed by atoms with Crippen LogP contribution >= 0.6 is 11.8 Å². The number of nitrogens with zero attached hydrogens (tertiary/aromatic N) is 3. The summed E-state index contributed by atoms with van der Waals surface area (Å²) in [6, 6.07) is 56.8. The SMILES string of the molecule is C1=C\c2ccc(-c3nc(-c4ccccc4)nc(-c4ccccc4)n3)cc2-c2cc3oc4ccccc4c3cc2Sc2ccccc2-c2ccccc2/1. The minimum atomic E-state index is 0.614. The highest BCUT2D eigenvalue weighted by Crippen LogP contribution is 2.46. The first-order chi connectivity index (χ1) is 25.7. The molecule has 0 saturated heterocycles. The summed E-state index contributed by atoms with van der Waals surface area (Å²) in [5, 5.41) is 2.20. The van der Waals surface area contributed by atoms with Crippen LogP contribution in [0.2, 0.25) is 0 Å². The zero-order chi connectivity index (χ0) is 34.4. The Balaban J connectivity index is 1.24. The zero-order valence-electron chi connectivity index (χ0n) is 27.9. The predicted molar refractivity (Wildman–Crippen MR) is 214 cm³/mol. The number of para-hydroxylation sites is 1. The molecule has 0 radical (unpaired) electrons. The Labute approximate surface area is 305 Å². The molecular formula is C47H29N3OS. The molecule has 0 N–H and O–H groups in total. The van der Waals surface area contributed by atoms with E-state index in [1.807, 2.05) is 72.8 Å². The van der Waals surface area contributed by atoms with Gasteiger partial charge in [0.2, 0.25) is 0 Å². The molecule has 4 nitrogen and oxygen atoms in total. The van der Waals surface area contributed by atoms with Crippen molar-refractivity contribution < 1.29 is 4.42 Å². The largest absolute Gasteiger partial charge is 0.456 e. The topological polar surface area (TPSA) is 51.8 Å². The van der Waals surface area contributed by atoms with E-state index in [1.54, 1.807) is 11.8 Å². The van der Waals surface area contributed by atoms with Crippen LogP contribution in [0.25, 0.3) is 90.5 Å². The third-order valence-electron chi connectivity index (χ3n) is 9.58. The van der Waals surface area contributed by atoms with Crippen LogP contribution < -0.4 is 0 Å². The highest BCUT2D eigenvalue weighted by Gasteiger charge is 2.20. The lowest BCUT2D eigenvalue weighted by Crippen LogP contribution is -2.00. The molecule has 0 aliphatic carbocycles. The number of hydrogen-bond acceptors (Lipinski definition) is 5. The van der Waals surface area contributed by atoms with E-state index in [4.69, 9.17) is 19.4 Å². The molecule has 244 valence electrons. The summed E-state index contributed by atoms with van der Waals surface area (Å²) in [6.45, 7) is 0. The second kappa shape index (κ2) is 12.6. The molecule has 9 aromatic rings. The van der Waals surface area contributed by atoms with Crippen LogP contribution in [0.5, 0.6) is 0 Å². The summed E-state index contributed by atoms with van der Waals surface area (Å²) in [5.74, 6) is 1.88. The van der Waals surface area contributed by atoms with Crippen LogP contribution in [0, 0.1) is 0 Å². The molecule has 1 aliphatic heterocycles. The van der Waals surface area contributed by atoms with Crippen LogP contribution in [0.1, 0.15) is 11.1 Å². The molecule has 5 heteroatoms. The van der Waals surface area contributed by atoms with Gasteiger partial charge in [-0.2, -0.15) is 0 Å². The van der Waals surface area contributed by atoms with Crippen molar-refractivity contribution in [2.75, 3.05) is 0 Å². The fraction of sp³-hybridized carbons (Fsp3) is 0. The average molecular weight is 684 g/mol. The molecule has 0 spiro atoms. The molecule has 10 rings (SSSR count). The highest BCUT2D eigenvalue weighted by molar-refractivity contribution is 7.99. The maximum absolute atomic E-state index is 6.49. The predicted octanol–water partition coefficient (Wildman–Crippen LogP) is 12.7. The van der Waals surface area contributed by atoms with Crippen molar-refractivity contribution in [1.82, 2.24) is 15.0 Å². The summed E-state index contributed by atoms with van der Waals surface area (Å²) in [6.07, 6.45) is 4.45. The van der Waals surface area contributed by atoms with E-state index in [0.29, 0.717) is 17.5 Å². The van der Waals surface area contributed by atoms with Gasteiger partial charge in [-0.3, -0.25) is 0 Å². The maximum atomic E-state index is 6.49.